The second kappa shape index (κ2) is 8.69. The molecule has 0 bridgehead atoms. The van der Waals surface area contributed by atoms with Crippen LogP contribution in [0.15, 0.2) is 72.8 Å². The molecule has 1 aliphatic carbocycles. The van der Waals surface area contributed by atoms with Crippen molar-refractivity contribution in [3.8, 4) is 0 Å². The van der Waals surface area contributed by atoms with E-state index in [2.05, 4.69) is 72.8 Å². The Kier molecular flexibility index (Phi) is 8.95. The molecule has 0 aromatic heterocycles. The van der Waals surface area contributed by atoms with Crippen LogP contribution >= 0.6 is 15.6 Å². The number of benzene rings is 2. The SMILES string of the molecule is C1=CCC=C1.F[P-](F)(F)(F)(F)F.F[P-](F)(F)(F)(F)F.[Fe+2].c1ccc2ccccc2c1. The van der Waals surface area contributed by atoms with E-state index >= 15 is 0 Å². The Morgan fingerprint density at radius 1 is 0.467 bits per heavy atom. The summed E-state index contributed by atoms with van der Waals surface area (Å²) in [4.78, 5) is 0. The monoisotopic (exact) mass is 540 g/mol. The van der Waals surface area contributed by atoms with E-state index in [-0.39, 0.29) is 17.1 Å². The number of rotatable bonds is 0. The molecule has 0 fully saturated rings. The quantitative estimate of drug-likeness (QED) is 0.177. The number of halogens is 12. The van der Waals surface area contributed by atoms with E-state index in [0.717, 1.165) is 6.42 Å². The summed E-state index contributed by atoms with van der Waals surface area (Å²) in [6.07, 6.45) is 9.50. The zero-order chi connectivity index (χ0) is 23.2. The van der Waals surface area contributed by atoms with E-state index in [1.165, 1.54) is 10.8 Å². The number of allylic oxidation sites excluding steroid dienone is 4. The minimum atomic E-state index is -10.7. The Morgan fingerprint density at radius 3 is 0.800 bits per heavy atom. The van der Waals surface area contributed by atoms with Gasteiger partial charge in [0.05, 0.1) is 0 Å². The average molecular weight is 540 g/mol. The summed E-state index contributed by atoms with van der Waals surface area (Å²) in [5, 5.41) is 2.62. The third-order valence-electron chi connectivity index (χ3n) is 2.31. The fourth-order valence-corrected chi connectivity index (χ4v) is 1.53. The Balaban J connectivity index is 0. The molecule has 1 aliphatic rings. The first kappa shape index (κ1) is 30.9. The summed E-state index contributed by atoms with van der Waals surface area (Å²) in [5.41, 5.74) is 0. The van der Waals surface area contributed by atoms with Gasteiger partial charge in [-0.05, 0) is 17.2 Å². The van der Waals surface area contributed by atoms with Crippen molar-refractivity contribution >= 4 is 26.4 Å². The Morgan fingerprint density at radius 2 is 0.667 bits per heavy atom. The average Bonchev–Trinajstić information content (AvgIpc) is 3.00. The molecule has 3 rings (SSSR count). The van der Waals surface area contributed by atoms with Crippen molar-refractivity contribution < 1.29 is 67.4 Å². The van der Waals surface area contributed by atoms with Crippen LogP contribution in [0.4, 0.5) is 50.4 Å². The van der Waals surface area contributed by atoms with Crippen LogP contribution in [0.25, 0.3) is 10.8 Å². The van der Waals surface area contributed by atoms with Gasteiger partial charge >= 0.3 is 83.0 Å². The van der Waals surface area contributed by atoms with Gasteiger partial charge in [-0.25, -0.2) is 0 Å². The molecule has 0 N–H and O–H groups in total. The van der Waals surface area contributed by atoms with Gasteiger partial charge in [-0.1, -0.05) is 72.8 Å². The van der Waals surface area contributed by atoms with Gasteiger partial charge in [0.2, 0.25) is 0 Å². The number of hydrogen-bond donors (Lipinski definition) is 0. The maximum absolute atomic E-state index is 10.7. The van der Waals surface area contributed by atoms with Crippen LogP contribution in [-0.4, -0.2) is 0 Å². The summed E-state index contributed by atoms with van der Waals surface area (Å²) < 4.78 is 118. The maximum Gasteiger partial charge on any atom is 2.00 e. The zero-order valence-corrected chi connectivity index (χ0v) is 17.3. The van der Waals surface area contributed by atoms with Crippen LogP contribution in [-0.2, 0) is 17.1 Å². The zero-order valence-electron chi connectivity index (χ0n) is 14.4. The first-order valence-electron chi connectivity index (χ1n) is 7.25. The topological polar surface area (TPSA) is 0 Å². The van der Waals surface area contributed by atoms with Gasteiger partial charge in [0, 0.05) is 0 Å². The molecule has 0 heterocycles. The number of hydrogen-bond acceptors (Lipinski definition) is 0. The third-order valence-corrected chi connectivity index (χ3v) is 2.31. The van der Waals surface area contributed by atoms with Crippen molar-refractivity contribution in [2.24, 2.45) is 0 Å². The fourth-order valence-electron chi connectivity index (χ4n) is 1.53. The Hall–Kier alpha value is -1.28. The van der Waals surface area contributed by atoms with E-state index in [1.807, 2.05) is 0 Å². The largest absolute Gasteiger partial charge is 2.00 e. The normalized spacial score (nSPS) is 17.1. The molecule has 0 atom stereocenters. The van der Waals surface area contributed by atoms with Crippen molar-refractivity contribution in [3.05, 3.63) is 72.8 Å². The predicted octanol–water partition coefficient (Wildman–Crippen LogP) is 11.1. The van der Waals surface area contributed by atoms with E-state index in [1.54, 1.807) is 0 Å². The van der Waals surface area contributed by atoms with Crippen molar-refractivity contribution in [1.29, 1.82) is 0 Å². The summed E-state index contributed by atoms with van der Waals surface area (Å²) >= 11 is 0. The second-order valence-corrected chi connectivity index (χ2v) is 9.19. The van der Waals surface area contributed by atoms with Gasteiger partial charge in [0.15, 0.2) is 0 Å². The smallest absolute Gasteiger partial charge is 0.0616 e. The third kappa shape index (κ3) is 37.5. The molecule has 0 amide bonds. The van der Waals surface area contributed by atoms with Crippen LogP contribution in [0.1, 0.15) is 6.42 Å². The van der Waals surface area contributed by atoms with E-state index in [4.69, 9.17) is 0 Å². The molecule has 176 valence electrons. The molecule has 0 radical (unpaired) electrons. The van der Waals surface area contributed by atoms with Crippen LogP contribution < -0.4 is 0 Å². The molecule has 2 aromatic carbocycles. The van der Waals surface area contributed by atoms with Crippen molar-refractivity contribution in [3.63, 3.8) is 0 Å². The second-order valence-electron chi connectivity index (χ2n) is 5.36. The maximum atomic E-state index is 9.87. The minimum Gasteiger partial charge on any atom is -0.0616 e. The number of fused-ring (bicyclic) bond motifs is 1. The standard InChI is InChI=1S/C10H8.C5H6.2F6P.Fe/c1-2-6-10-8-4-3-7-9(10)5-1;1-2-4-5-3-1;2*1-7(2,3,4,5)6;/h1-8H;1-4H,5H2;;;/q;;2*-1;+2. The van der Waals surface area contributed by atoms with Gasteiger partial charge in [0.1, 0.15) is 0 Å². The molecule has 0 nitrogen and oxygen atoms in total. The molecular formula is C15H14F12FeP2. The molecular weight excluding hydrogens is 526 g/mol. The van der Waals surface area contributed by atoms with Gasteiger partial charge in [-0.3, -0.25) is 0 Å². The predicted molar refractivity (Wildman–Crippen MR) is 94.0 cm³/mol. The fraction of sp³-hybridized carbons (Fsp3) is 0.0667. The van der Waals surface area contributed by atoms with Crippen molar-refractivity contribution in [2.45, 2.75) is 6.42 Å². The summed E-state index contributed by atoms with van der Waals surface area (Å²) in [5.74, 6) is 0. The molecule has 30 heavy (non-hydrogen) atoms. The van der Waals surface area contributed by atoms with Crippen LogP contribution in [0.3, 0.4) is 0 Å². The Bertz CT molecular complexity index is 741. The van der Waals surface area contributed by atoms with Gasteiger partial charge in [-0.2, -0.15) is 0 Å². The van der Waals surface area contributed by atoms with Crippen molar-refractivity contribution in [1.82, 2.24) is 0 Å². The molecule has 0 saturated heterocycles. The Labute approximate surface area is 173 Å². The molecule has 2 aromatic rings. The van der Waals surface area contributed by atoms with Crippen molar-refractivity contribution in [2.75, 3.05) is 0 Å². The summed E-state index contributed by atoms with van der Waals surface area (Å²) in [7, 11) is -21.3. The van der Waals surface area contributed by atoms with Crippen LogP contribution in [0.2, 0.25) is 0 Å². The van der Waals surface area contributed by atoms with Gasteiger partial charge in [0.25, 0.3) is 0 Å². The van der Waals surface area contributed by atoms with E-state index in [0.29, 0.717) is 0 Å². The van der Waals surface area contributed by atoms with Crippen LogP contribution in [0, 0.1) is 0 Å². The van der Waals surface area contributed by atoms with E-state index in [9.17, 15) is 50.4 Å². The molecule has 0 saturated carbocycles. The first-order valence-corrected chi connectivity index (χ1v) is 11.3. The molecule has 0 spiro atoms. The molecule has 15 heteroatoms. The van der Waals surface area contributed by atoms with Crippen LogP contribution in [0.5, 0.6) is 0 Å². The summed E-state index contributed by atoms with van der Waals surface area (Å²) in [6.45, 7) is 0. The minimum absolute atomic E-state index is 0. The van der Waals surface area contributed by atoms with E-state index < -0.39 is 15.6 Å². The summed E-state index contributed by atoms with van der Waals surface area (Å²) in [6, 6.07) is 16.7. The molecule has 0 unspecified atom stereocenters. The van der Waals surface area contributed by atoms with Gasteiger partial charge in [-0.15, -0.1) is 0 Å². The first-order chi connectivity index (χ1) is 12.4. The molecule has 0 aliphatic heterocycles. The van der Waals surface area contributed by atoms with Gasteiger partial charge < -0.3 is 0 Å².